The van der Waals surface area contributed by atoms with Crippen LogP contribution in [0.25, 0.3) is 0 Å². The number of ether oxygens (including phenoxy) is 1. The molecule has 0 aromatic heterocycles. The van der Waals surface area contributed by atoms with E-state index in [0.717, 1.165) is 6.42 Å². The Morgan fingerprint density at radius 3 is 2.67 bits per heavy atom. The minimum absolute atomic E-state index is 0. The summed E-state index contributed by atoms with van der Waals surface area (Å²) in [6.45, 7) is 5.50. The van der Waals surface area contributed by atoms with E-state index in [4.69, 9.17) is 0 Å². The van der Waals surface area contributed by atoms with Crippen LogP contribution in [0.3, 0.4) is 0 Å². The van der Waals surface area contributed by atoms with Gasteiger partial charge in [-0.15, -0.1) is 0 Å². The van der Waals surface area contributed by atoms with Gasteiger partial charge in [0.25, 0.3) is 0 Å². The van der Waals surface area contributed by atoms with E-state index < -0.39 is 5.97 Å². The molecule has 0 saturated carbocycles. The fourth-order valence-electron chi connectivity index (χ4n) is 0.246. The smallest absolute Gasteiger partial charge is 0.147 e. The van der Waals surface area contributed by atoms with Crippen molar-refractivity contribution >= 4 is 5.97 Å². The van der Waals surface area contributed by atoms with Gasteiger partial charge in [-0.1, -0.05) is 6.92 Å². The van der Waals surface area contributed by atoms with Crippen LogP contribution in [0.2, 0.25) is 0 Å². The van der Waals surface area contributed by atoms with Crippen LogP contribution in [0, 0.1) is 6.08 Å². The van der Waals surface area contributed by atoms with Gasteiger partial charge in [0, 0.05) is 32.7 Å². The molecule has 0 amide bonds. The maximum absolute atomic E-state index is 10.2. The molecule has 0 aromatic carbocycles. The van der Waals surface area contributed by atoms with Crippen molar-refractivity contribution < 1.29 is 42.2 Å². The Bertz CT molecular complexity index is 91.1. The summed E-state index contributed by atoms with van der Waals surface area (Å²) in [7, 11) is 0. The number of carbonyl (C=O) groups is 1. The molecule has 0 aromatic rings. The molecule has 0 unspecified atom stereocenters. The van der Waals surface area contributed by atoms with Crippen molar-refractivity contribution in [3.8, 4) is 0 Å². The molecule has 0 rings (SSSR count). The van der Waals surface area contributed by atoms with E-state index in [1.54, 1.807) is 0 Å². The Morgan fingerprint density at radius 2 is 2.33 bits per heavy atom. The molecule has 0 fully saturated rings. The fourth-order valence-corrected chi connectivity index (χ4v) is 0.246. The zero-order valence-electron chi connectivity index (χ0n) is 5.52. The maximum atomic E-state index is 10.2. The molecule has 0 aliphatic carbocycles. The largest absolute Gasteiger partial charge is 0.490 e. The molecule has 0 spiro atoms. The van der Waals surface area contributed by atoms with Crippen LogP contribution in [-0.2, 0) is 42.2 Å². The van der Waals surface area contributed by atoms with Gasteiger partial charge in [-0.2, -0.15) is 0 Å². The number of carbonyl (C=O) groups excluding carboxylic acids is 1. The van der Waals surface area contributed by atoms with E-state index in [2.05, 4.69) is 17.4 Å². The molecule has 9 heavy (non-hydrogen) atoms. The number of hydrogen-bond donors (Lipinski definition) is 0. The predicted molar refractivity (Wildman–Crippen MR) is 30.1 cm³/mol. The molecular formula is C6H9O2Y-. The predicted octanol–water partition coefficient (Wildman–Crippen LogP) is 0.926. The van der Waals surface area contributed by atoms with Crippen molar-refractivity contribution in [1.29, 1.82) is 0 Å². The van der Waals surface area contributed by atoms with Crippen LogP contribution in [0.5, 0.6) is 0 Å². The molecule has 0 bridgehead atoms. The second kappa shape index (κ2) is 8.31. The van der Waals surface area contributed by atoms with E-state index in [1.165, 1.54) is 0 Å². The molecule has 1 radical (unpaired) electrons. The van der Waals surface area contributed by atoms with E-state index in [1.807, 2.05) is 6.92 Å². The van der Waals surface area contributed by atoms with Crippen LogP contribution in [0.15, 0.2) is 6.58 Å². The van der Waals surface area contributed by atoms with Gasteiger partial charge in [0.15, 0.2) is 0 Å². The molecule has 0 N–H and O–H groups in total. The Labute approximate surface area is 80.5 Å². The summed E-state index contributed by atoms with van der Waals surface area (Å²) in [4.78, 5) is 10.2. The summed E-state index contributed by atoms with van der Waals surface area (Å²) in [6, 6.07) is 0. The van der Waals surface area contributed by atoms with Gasteiger partial charge in [-0.25, -0.2) is 0 Å². The third-order valence-electron chi connectivity index (χ3n) is 0.582. The van der Waals surface area contributed by atoms with Gasteiger partial charge in [-0.05, 0) is 6.42 Å². The van der Waals surface area contributed by atoms with Crippen LogP contribution in [-0.4, -0.2) is 12.6 Å². The third-order valence-corrected chi connectivity index (χ3v) is 0.582. The Balaban J connectivity index is 0. The van der Waals surface area contributed by atoms with Crippen molar-refractivity contribution in [2.45, 2.75) is 13.3 Å². The summed E-state index contributed by atoms with van der Waals surface area (Å²) in [6.07, 6.45) is 2.93. The first kappa shape index (κ1) is 12.0. The summed E-state index contributed by atoms with van der Waals surface area (Å²) in [5.74, 6) is -0.466. The van der Waals surface area contributed by atoms with Crippen LogP contribution < -0.4 is 0 Å². The molecular weight excluding hydrogens is 193 g/mol. The minimum atomic E-state index is -0.466. The fraction of sp³-hybridized carbons (Fsp3) is 0.500. The van der Waals surface area contributed by atoms with Crippen LogP contribution in [0.1, 0.15) is 13.3 Å². The standard InChI is InChI=1S/C6H9O2.Y/c1-3-5-8-6(7)4-2;/h2-3,5H2,1H3;/q-1;. The Hall–Kier alpha value is 0.314. The van der Waals surface area contributed by atoms with Crippen LogP contribution >= 0.6 is 0 Å². The van der Waals surface area contributed by atoms with Crippen LogP contribution in [0.4, 0.5) is 0 Å². The average Bonchev–Trinajstić information content (AvgIpc) is 1.83. The molecule has 0 heterocycles. The van der Waals surface area contributed by atoms with Gasteiger partial charge in [0.2, 0.25) is 0 Å². The average molecular weight is 202 g/mol. The molecule has 0 atom stereocenters. The van der Waals surface area contributed by atoms with Gasteiger partial charge in [0.05, 0.1) is 6.61 Å². The molecule has 3 heteroatoms. The number of esters is 1. The molecule has 0 aliphatic rings. The van der Waals surface area contributed by atoms with Crippen molar-refractivity contribution in [3.63, 3.8) is 0 Å². The Morgan fingerprint density at radius 1 is 1.78 bits per heavy atom. The molecule has 0 saturated heterocycles. The first-order valence-corrected chi connectivity index (χ1v) is 2.51. The first-order valence-electron chi connectivity index (χ1n) is 2.51. The molecule has 49 valence electrons. The molecule has 2 nitrogen and oxygen atoms in total. The minimum Gasteiger partial charge on any atom is -0.490 e. The van der Waals surface area contributed by atoms with Gasteiger partial charge < -0.3 is 10.8 Å². The summed E-state index contributed by atoms with van der Waals surface area (Å²) in [5.41, 5.74) is 0. The summed E-state index contributed by atoms with van der Waals surface area (Å²) < 4.78 is 4.53. The maximum Gasteiger partial charge on any atom is 0.147 e. The van der Waals surface area contributed by atoms with Crippen molar-refractivity contribution in [2.24, 2.45) is 0 Å². The van der Waals surface area contributed by atoms with Gasteiger partial charge in [0.1, 0.15) is 5.97 Å². The van der Waals surface area contributed by atoms with Crippen molar-refractivity contribution in [1.82, 2.24) is 0 Å². The van der Waals surface area contributed by atoms with Crippen molar-refractivity contribution in [3.05, 3.63) is 12.7 Å². The normalized spacial score (nSPS) is 7.22. The Kier molecular flexibility index (Phi) is 11.1. The quantitative estimate of drug-likeness (QED) is 0.386. The van der Waals surface area contributed by atoms with E-state index in [0.29, 0.717) is 6.61 Å². The van der Waals surface area contributed by atoms with E-state index in [-0.39, 0.29) is 32.7 Å². The summed E-state index contributed by atoms with van der Waals surface area (Å²) >= 11 is 0. The first-order chi connectivity index (χ1) is 3.81. The number of rotatable bonds is 3. The topological polar surface area (TPSA) is 26.3 Å². The third kappa shape index (κ3) is 8.31. The number of hydrogen-bond acceptors (Lipinski definition) is 2. The second-order valence-corrected chi connectivity index (χ2v) is 1.31. The second-order valence-electron chi connectivity index (χ2n) is 1.31. The SMILES string of the molecule is C=[C-]C(=O)OCCC.[Y]. The molecule has 0 aliphatic heterocycles. The van der Waals surface area contributed by atoms with Gasteiger partial charge >= 0.3 is 0 Å². The van der Waals surface area contributed by atoms with E-state index >= 15 is 0 Å². The zero-order chi connectivity index (χ0) is 6.41. The van der Waals surface area contributed by atoms with Crippen molar-refractivity contribution in [2.75, 3.05) is 6.61 Å². The zero-order valence-corrected chi connectivity index (χ0v) is 8.35. The monoisotopic (exact) mass is 202 g/mol. The van der Waals surface area contributed by atoms with Gasteiger partial charge in [-0.3, -0.25) is 11.4 Å². The van der Waals surface area contributed by atoms with E-state index in [9.17, 15) is 4.79 Å². The summed E-state index contributed by atoms with van der Waals surface area (Å²) in [5, 5.41) is 0.